The fraction of sp³-hybridized carbons (Fsp3) is 0.700. The second-order valence-corrected chi connectivity index (χ2v) is 7.20. The fourth-order valence-corrected chi connectivity index (χ4v) is 3.34. The molecule has 3 atom stereocenters. The van der Waals surface area contributed by atoms with Gasteiger partial charge in [0.15, 0.2) is 0 Å². The summed E-state index contributed by atoms with van der Waals surface area (Å²) in [5.74, 6) is 0.727. The summed E-state index contributed by atoms with van der Waals surface area (Å²) in [7, 11) is 0. The van der Waals surface area contributed by atoms with Gasteiger partial charge >= 0.3 is 0 Å². The Kier molecular flexibility index (Phi) is 6.88. The monoisotopic (exact) mass is 321 g/mol. The van der Waals surface area contributed by atoms with Crippen LogP contribution in [0.15, 0.2) is 18.2 Å². The van der Waals surface area contributed by atoms with Crippen molar-refractivity contribution in [1.29, 1.82) is 0 Å². The maximum absolute atomic E-state index is 14.4. The summed E-state index contributed by atoms with van der Waals surface area (Å²) < 4.78 is 20.1. The molecule has 1 aromatic rings. The predicted octanol–water partition coefficient (Wildman–Crippen LogP) is 5.20. The molecular formula is C20H32FNO. The third-order valence-electron chi connectivity index (χ3n) is 4.91. The molecule has 1 unspecified atom stereocenters. The number of halogens is 1. The minimum absolute atomic E-state index is 0.0576. The summed E-state index contributed by atoms with van der Waals surface area (Å²) in [5, 5.41) is 0. The van der Waals surface area contributed by atoms with E-state index in [1.807, 2.05) is 6.07 Å². The largest absolute Gasteiger partial charge is 0.372 e. The van der Waals surface area contributed by atoms with Crippen LogP contribution in [0, 0.1) is 11.7 Å². The van der Waals surface area contributed by atoms with Crippen molar-refractivity contribution in [2.45, 2.75) is 72.0 Å². The molecule has 0 spiro atoms. The van der Waals surface area contributed by atoms with Crippen molar-refractivity contribution in [3.05, 3.63) is 29.6 Å². The zero-order chi connectivity index (χ0) is 16.8. The van der Waals surface area contributed by atoms with Crippen molar-refractivity contribution in [1.82, 2.24) is 0 Å². The van der Waals surface area contributed by atoms with Gasteiger partial charge in [0.1, 0.15) is 5.82 Å². The number of benzene rings is 1. The number of anilines is 1. The van der Waals surface area contributed by atoms with E-state index < -0.39 is 0 Å². The second-order valence-electron chi connectivity index (χ2n) is 7.20. The Morgan fingerprint density at radius 2 is 1.91 bits per heavy atom. The molecule has 0 radical (unpaired) electrons. The third-order valence-corrected chi connectivity index (χ3v) is 4.91. The van der Waals surface area contributed by atoms with Crippen LogP contribution in [-0.2, 0) is 11.2 Å². The van der Waals surface area contributed by atoms with Crippen molar-refractivity contribution in [3.63, 3.8) is 0 Å². The molecule has 1 aromatic carbocycles. The molecule has 130 valence electrons. The minimum atomic E-state index is -0.0576. The van der Waals surface area contributed by atoms with Crippen LogP contribution in [0.3, 0.4) is 0 Å². The molecule has 23 heavy (non-hydrogen) atoms. The van der Waals surface area contributed by atoms with Crippen molar-refractivity contribution >= 4 is 5.69 Å². The highest BCUT2D eigenvalue weighted by molar-refractivity contribution is 5.49. The van der Waals surface area contributed by atoms with E-state index >= 15 is 0 Å². The molecular weight excluding hydrogens is 289 g/mol. The van der Waals surface area contributed by atoms with E-state index in [1.165, 1.54) is 19.3 Å². The zero-order valence-corrected chi connectivity index (χ0v) is 15.1. The summed E-state index contributed by atoms with van der Waals surface area (Å²) in [6.07, 6.45) is 5.99. The maximum atomic E-state index is 14.4. The minimum Gasteiger partial charge on any atom is -0.372 e. The van der Waals surface area contributed by atoms with Crippen LogP contribution >= 0.6 is 0 Å². The number of hydrogen-bond acceptors (Lipinski definition) is 2. The van der Waals surface area contributed by atoms with Crippen LogP contribution in [0.4, 0.5) is 10.1 Å². The molecule has 0 bridgehead atoms. The number of rotatable bonds is 7. The number of nitrogens with zero attached hydrogens (tertiary/aromatic N) is 1. The SMILES string of the molecule is CCC(C)CCCCc1ccc(N2C[C@@H](C)O[C@@H](C)C2)cc1F. The lowest BCUT2D eigenvalue weighted by atomic mass is 9.99. The molecule has 1 aliphatic rings. The molecule has 2 rings (SSSR count). The van der Waals surface area contributed by atoms with E-state index in [0.29, 0.717) is 0 Å². The van der Waals surface area contributed by atoms with Gasteiger partial charge in [-0.2, -0.15) is 0 Å². The normalized spacial score (nSPS) is 23.1. The zero-order valence-electron chi connectivity index (χ0n) is 15.1. The average molecular weight is 321 g/mol. The molecule has 0 aliphatic carbocycles. The standard InChI is InChI=1S/C20H32FNO/c1-5-15(2)8-6-7-9-18-10-11-19(12-20(18)21)22-13-16(3)23-17(4)14-22/h10-12,15-17H,5-9,13-14H2,1-4H3/t15?,16-,17+. The highest BCUT2D eigenvalue weighted by atomic mass is 19.1. The average Bonchev–Trinajstić information content (AvgIpc) is 2.51. The maximum Gasteiger partial charge on any atom is 0.128 e. The van der Waals surface area contributed by atoms with Crippen LogP contribution in [-0.4, -0.2) is 25.3 Å². The summed E-state index contributed by atoms with van der Waals surface area (Å²) in [6.45, 7) is 10.3. The van der Waals surface area contributed by atoms with Gasteiger partial charge in [-0.3, -0.25) is 0 Å². The molecule has 1 aliphatic heterocycles. The first kappa shape index (κ1) is 18.3. The first-order valence-electron chi connectivity index (χ1n) is 9.18. The molecule has 3 heteroatoms. The number of aryl methyl sites for hydroxylation is 1. The molecule has 0 amide bonds. The Morgan fingerprint density at radius 1 is 1.22 bits per heavy atom. The number of unbranched alkanes of at least 4 members (excludes halogenated alkanes) is 1. The van der Waals surface area contributed by atoms with Gasteiger partial charge in [-0.15, -0.1) is 0 Å². The van der Waals surface area contributed by atoms with Crippen LogP contribution in [0.25, 0.3) is 0 Å². The van der Waals surface area contributed by atoms with Crippen LogP contribution in [0.2, 0.25) is 0 Å². The van der Waals surface area contributed by atoms with Gasteiger partial charge < -0.3 is 9.64 Å². The summed E-state index contributed by atoms with van der Waals surface area (Å²) in [6, 6.07) is 5.74. The molecule has 1 fully saturated rings. The second kappa shape index (κ2) is 8.68. The third kappa shape index (κ3) is 5.49. The van der Waals surface area contributed by atoms with Crippen molar-refractivity contribution in [2.24, 2.45) is 5.92 Å². The molecule has 0 saturated carbocycles. The lowest BCUT2D eigenvalue weighted by molar-refractivity contribution is -0.00523. The van der Waals surface area contributed by atoms with Crippen molar-refractivity contribution in [2.75, 3.05) is 18.0 Å². The molecule has 0 N–H and O–H groups in total. The molecule has 2 nitrogen and oxygen atoms in total. The van der Waals surface area contributed by atoms with Gasteiger partial charge in [-0.05, 0) is 50.3 Å². The van der Waals surface area contributed by atoms with Crippen molar-refractivity contribution < 1.29 is 9.13 Å². The van der Waals surface area contributed by atoms with Crippen LogP contribution in [0.1, 0.15) is 58.9 Å². The highest BCUT2D eigenvalue weighted by Crippen LogP contribution is 2.24. The topological polar surface area (TPSA) is 12.5 Å². The van der Waals surface area contributed by atoms with Gasteiger partial charge in [0.2, 0.25) is 0 Å². The van der Waals surface area contributed by atoms with E-state index in [2.05, 4.69) is 38.7 Å². The lowest BCUT2D eigenvalue weighted by Gasteiger charge is -2.37. The van der Waals surface area contributed by atoms with Crippen LogP contribution in [0.5, 0.6) is 0 Å². The molecule has 0 aromatic heterocycles. The van der Waals surface area contributed by atoms with Crippen molar-refractivity contribution in [3.8, 4) is 0 Å². The highest BCUT2D eigenvalue weighted by Gasteiger charge is 2.22. The number of hydrogen-bond donors (Lipinski definition) is 0. The first-order valence-corrected chi connectivity index (χ1v) is 9.18. The smallest absolute Gasteiger partial charge is 0.128 e. The Morgan fingerprint density at radius 3 is 2.52 bits per heavy atom. The molecule has 1 heterocycles. The summed E-state index contributed by atoms with van der Waals surface area (Å²) in [4.78, 5) is 2.23. The van der Waals surface area contributed by atoms with Gasteiger partial charge in [-0.1, -0.05) is 39.2 Å². The Labute approximate surface area is 141 Å². The summed E-state index contributed by atoms with van der Waals surface area (Å²) >= 11 is 0. The first-order chi connectivity index (χ1) is 11.0. The van der Waals surface area contributed by atoms with Gasteiger partial charge in [0.05, 0.1) is 12.2 Å². The lowest BCUT2D eigenvalue weighted by Crippen LogP contribution is -2.45. The van der Waals surface area contributed by atoms with E-state index in [9.17, 15) is 4.39 Å². The van der Waals surface area contributed by atoms with E-state index in [-0.39, 0.29) is 18.0 Å². The Balaban J connectivity index is 1.90. The van der Waals surface area contributed by atoms with E-state index in [4.69, 9.17) is 4.74 Å². The Bertz CT molecular complexity index is 481. The summed E-state index contributed by atoms with van der Waals surface area (Å²) in [5.41, 5.74) is 1.83. The fourth-order valence-electron chi connectivity index (χ4n) is 3.34. The van der Waals surface area contributed by atoms with Crippen LogP contribution < -0.4 is 4.90 Å². The Hall–Kier alpha value is -1.09. The van der Waals surface area contributed by atoms with E-state index in [1.54, 1.807) is 6.07 Å². The van der Waals surface area contributed by atoms with Gasteiger partial charge in [-0.25, -0.2) is 4.39 Å². The quantitative estimate of drug-likeness (QED) is 0.640. The number of ether oxygens (including phenoxy) is 1. The number of morpholine rings is 1. The van der Waals surface area contributed by atoms with E-state index in [0.717, 1.165) is 43.1 Å². The predicted molar refractivity (Wildman–Crippen MR) is 95.6 cm³/mol. The van der Waals surface area contributed by atoms with Gasteiger partial charge in [0.25, 0.3) is 0 Å². The molecule has 1 saturated heterocycles. The van der Waals surface area contributed by atoms with Gasteiger partial charge in [0, 0.05) is 18.8 Å².